The Morgan fingerprint density at radius 3 is 2.31 bits per heavy atom. The maximum Gasteiger partial charge on any atom is 0.217 e. The Kier molecular flexibility index (Phi) is 2.75. The summed E-state index contributed by atoms with van der Waals surface area (Å²) in [6.07, 6.45) is 1.34. The molecule has 0 radical (unpaired) electrons. The molecule has 1 heterocycles. The van der Waals surface area contributed by atoms with Gasteiger partial charge in [0.25, 0.3) is 0 Å². The highest BCUT2D eigenvalue weighted by atomic mass is 16.7. The van der Waals surface area contributed by atoms with Gasteiger partial charge in [-0.25, -0.2) is 0 Å². The third-order valence-corrected chi connectivity index (χ3v) is 4.20. The molecular weight excluding hydrogens is 206 g/mol. The predicted molar refractivity (Wildman–Crippen MR) is 59.5 cm³/mol. The molecule has 2 atom stereocenters. The van der Waals surface area contributed by atoms with Crippen LogP contribution in [0.25, 0.3) is 0 Å². The summed E-state index contributed by atoms with van der Waals surface area (Å²) in [7, 11) is 0. The molecule has 4 nitrogen and oxygen atoms in total. The lowest BCUT2D eigenvalue weighted by Gasteiger charge is -2.22. The number of ether oxygens (including phenoxy) is 2. The van der Waals surface area contributed by atoms with E-state index in [1.807, 2.05) is 6.92 Å². The largest absolute Gasteiger partial charge is 0.370 e. The molecule has 0 aromatic rings. The van der Waals surface area contributed by atoms with Crippen LogP contribution in [0.3, 0.4) is 0 Å². The predicted octanol–water partition coefficient (Wildman–Crippen LogP) is 1.29. The third-order valence-electron chi connectivity index (χ3n) is 4.20. The van der Waals surface area contributed by atoms with Crippen LogP contribution in [-0.4, -0.2) is 24.9 Å². The van der Waals surface area contributed by atoms with Crippen LogP contribution >= 0.6 is 0 Å². The zero-order valence-electron chi connectivity index (χ0n) is 10.3. The monoisotopic (exact) mass is 227 g/mol. The van der Waals surface area contributed by atoms with Crippen LogP contribution in [0.4, 0.5) is 0 Å². The van der Waals surface area contributed by atoms with E-state index >= 15 is 0 Å². The first kappa shape index (κ1) is 11.9. The first-order chi connectivity index (χ1) is 7.35. The molecule has 0 aromatic carbocycles. The molecule has 2 fully saturated rings. The second-order valence-corrected chi connectivity index (χ2v) is 5.74. The van der Waals surface area contributed by atoms with Crippen molar-refractivity contribution in [3.63, 3.8) is 0 Å². The first-order valence-electron chi connectivity index (χ1n) is 5.91. The fourth-order valence-corrected chi connectivity index (χ4v) is 2.96. The van der Waals surface area contributed by atoms with Crippen LogP contribution in [0, 0.1) is 17.3 Å². The minimum absolute atomic E-state index is 0.188. The van der Waals surface area contributed by atoms with Gasteiger partial charge in [0.1, 0.15) is 0 Å². The molecule has 0 aromatic heterocycles. The molecule has 4 heteroatoms. The van der Waals surface area contributed by atoms with Crippen LogP contribution in [0.15, 0.2) is 0 Å². The van der Waals surface area contributed by atoms with Crippen LogP contribution in [0.1, 0.15) is 33.6 Å². The number of nitrogens with two attached hydrogens (primary N) is 1. The van der Waals surface area contributed by atoms with Crippen LogP contribution in [-0.2, 0) is 14.3 Å². The molecule has 1 aliphatic carbocycles. The molecule has 2 N–H and O–H groups in total. The number of primary amides is 1. The molecule has 0 spiro atoms. The molecule has 0 unspecified atom stereocenters. The van der Waals surface area contributed by atoms with Crippen molar-refractivity contribution < 1.29 is 14.3 Å². The molecule has 16 heavy (non-hydrogen) atoms. The summed E-state index contributed by atoms with van der Waals surface area (Å²) in [5.74, 6) is 0.200. The normalized spacial score (nSPS) is 34.9. The Hall–Kier alpha value is -0.610. The van der Waals surface area contributed by atoms with Crippen molar-refractivity contribution in [2.75, 3.05) is 13.2 Å². The van der Waals surface area contributed by atoms with E-state index in [1.54, 1.807) is 0 Å². The summed E-state index contributed by atoms with van der Waals surface area (Å²) >= 11 is 0. The highest BCUT2D eigenvalue weighted by molar-refractivity contribution is 5.74. The second-order valence-electron chi connectivity index (χ2n) is 5.74. The van der Waals surface area contributed by atoms with Gasteiger partial charge in [-0.3, -0.25) is 4.79 Å². The molecule has 0 bridgehead atoms. The summed E-state index contributed by atoms with van der Waals surface area (Å²) in [5.41, 5.74) is 5.44. The molecule has 92 valence electrons. The Morgan fingerprint density at radius 2 is 1.81 bits per heavy atom. The number of amides is 1. The van der Waals surface area contributed by atoms with Gasteiger partial charge in [0.2, 0.25) is 5.91 Å². The maximum atomic E-state index is 11.0. The number of rotatable bonds is 4. The summed E-state index contributed by atoms with van der Waals surface area (Å²) in [4.78, 5) is 11.0. The van der Waals surface area contributed by atoms with Gasteiger partial charge in [-0.2, -0.15) is 0 Å². The van der Waals surface area contributed by atoms with Gasteiger partial charge in [0.15, 0.2) is 5.79 Å². The quantitative estimate of drug-likeness (QED) is 0.787. The summed E-state index contributed by atoms with van der Waals surface area (Å²) in [5, 5.41) is 0. The average Bonchev–Trinajstić information content (AvgIpc) is 2.56. The minimum atomic E-state index is -0.450. The minimum Gasteiger partial charge on any atom is -0.370 e. The van der Waals surface area contributed by atoms with Crippen molar-refractivity contribution in [1.82, 2.24) is 0 Å². The van der Waals surface area contributed by atoms with E-state index in [0.29, 0.717) is 31.5 Å². The van der Waals surface area contributed by atoms with Gasteiger partial charge >= 0.3 is 0 Å². The van der Waals surface area contributed by atoms with Crippen molar-refractivity contribution in [2.45, 2.75) is 39.4 Å². The maximum absolute atomic E-state index is 11.0. The van der Waals surface area contributed by atoms with Gasteiger partial charge in [0, 0.05) is 12.8 Å². The molecular formula is C12H21NO3. The summed E-state index contributed by atoms with van der Waals surface area (Å²) in [6.45, 7) is 7.69. The van der Waals surface area contributed by atoms with Gasteiger partial charge in [-0.05, 0) is 24.2 Å². The van der Waals surface area contributed by atoms with E-state index < -0.39 is 5.79 Å². The zero-order chi connectivity index (χ0) is 12.0. The van der Waals surface area contributed by atoms with E-state index in [1.165, 1.54) is 0 Å². The number of hydrogen-bond donors (Lipinski definition) is 1. The Balaban J connectivity index is 1.93. The Bertz CT molecular complexity index is 295. The molecule has 1 saturated carbocycles. The lowest BCUT2D eigenvalue weighted by atomic mass is 10.0. The van der Waals surface area contributed by atoms with E-state index in [0.717, 1.165) is 6.42 Å². The van der Waals surface area contributed by atoms with Crippen molar-refractivity contribution >= 4 is 5.91 Å². The lowest BCUT2D eigenvalue weighted by Crippen LogP contribution is -2.27. The van der Waals surface area contributed by atoms with Gasteiger partial charge < -0.3 is 15.2 Å². The van der Waals surface area contributed by atoms with Gasteiger partial charge in [-0.1, -0.05) is 13.8 Å². The topological polar surface area (TPSA) is 61.6 Å². The van der Waals surface area contributed by atoms with Crippen molar-refractivity contribution in [2.24, 2.45) is 23.0 Å². The smallest absolute Gasteiger partial charge is 0.217 e. The van der Waals surface area contributed by atoms with Crippen LogP contribution in [0.5, 0.6) is 0 Å². The highest BCUT2D eigenvalue weighted by Crippen LogP contribution is 2.63. The van der Waals surface area contributed by atoms with Gasteiger partial charge in [-0.15, -0.1) is 0 Å². The number of carbonyl (C=O) groups is 1. The first-order valence-corrected chi connectivity index (χ1v) is 5.91. The van der Waals surface area contributed by atoms with E-state index in [9.17, 15) is 4.79 Å². The third kappa shape index (κ3) is 2.09. The highest BCUT2D eigenvalue weighted by Gasteiger charge is 2.59. The standard InChI is InChI=1S/C12H21NO3/c1-11(2)8(6-10(13)14)9(11)7-12(3)15-4-5-16-12/h8-9H,4-7H2,1-3H3,(H2,13,14)/t8-,9-/m0/s1. The van der Waals surface area contributed by atoms with Crippen LogP contribution < -0.4 is 5.73 Å². The fourth-order valence-electron chi connectivity index (χ4n) is 2.96. The molecule has 1 saturated heterocycles. The van der Waals surface area contributed by atoms with Crippen molar-refractivity contribution in [3.8, 4) is 0 Å². The molecule has 1 aliphatic heterocycles. The lowest BCUT2D eigenvalue weighted by molar-refractivity contribution is -0.151. The van der Waals surface area contributed by atoms with E-state index in [-0.39, 0.29) is 11.3 Å². The van der Waals surface area contributed by atoms with Crippen molar-refractivity contribution in [3.05, 3.63) is 0 Å². The summed E-state index contributed by atoms with van der Waals surface area (Å²) in [6, 6.07) is 0. The average molecular weight is 227 g/mol. The SMILES string of the molecule is CC1(C[C@H]2[C@H](CC(N)=O)C2(C)C)OCCO1. The molecule has 1 amide bonds. The second kappa shape index (κ2) is 3.70. The zero-order valence-corrected chi connectivity index (χ0v) is 10.3. The molecule has 2 rings (SSSR count). The Morgan fingerprint density at radius 1 is 1.25 bits per heavy atom. The van der Waals surface area contributed by atoms with E-state index in [2.05, 4.69) is 13.8 Å². The molecule has 2 aliphatic rings. The number of carbonyl (C=O) groups excluding carboxylic acids is 1. The number of hydrogen-bond acceptors (Lipinski definition) is 3. The fraction of sp³-hybridized carbons (Fsp3) is 0.917. The van der Waals surface area contributed by atoms with Crippen LogP contribution in [0.2, 0.25) is 0 Å². The summed E-state index contributed by atoms with van der Waals surface area (Å²) < 4.78 is 11.2. The Labute approximate surface area is 96.5 Å². The van der Waals surface area contributed by atoms with E-state index in [4.69, 9.17) is 15.2 Å². The van der Waals surface area contributed by atoms with Crippen molar-refractivity contribution in [1.29, 1.82) is 0 Å². The van der Waals surface area contributed by atoms with Gasteiger partial charge in [0.05, 0.1) is 13.2 Å².